The highest BCUT2D eigenvalue weighted by molar-refractivity contribution is 7.15. The predicted octanol–water partition coefficient (Wildman–Crippen LogP) is 4.01. The van der Waals surface area contributed by atoms with Crippen LogP contribution in [-0.4, -0.2) is 15.9 Å². The Kier molecular flexibility index (Phi) is 4.10. The minimum atomic E-state index is 0.321. The van der Waals surface area contributed by atoms with E-state index in [4.69, 9.17) is 5.73 Å². The Morgan fingerprint density at radius 3 is 2.68 bits per heavy atom. The molecule has 2 rings (SSSR count). The van der Waals surface area contributed by atoms with Crippen molar-refractivity contribution in [3.8, 4) is 10.6 Å². The van der Waals surface area contributed by atoms with Gasteiger partial charge in [0, 0.05) is 17.6 Å². The van der Waals surface area contributed by atoms with E-state index in [2.05, 4.69) is 35.4 Å². The number of nitrogens with zero attached hydrogens (tertiary/aromatic N) is 2. The van der Waals surface area contributed by atoms with Gasteiger partial charge in [0.15, 0.2) is 0 Å². The summed E-state index contributed by atoms with van der Waals surface area (Å²) < 4.78 is 4.24. The van der Waals surface area contributed by atoms with Gasteiger partial charge in [0.25, 0.3) is 0 Å². The third-order valence-corrected chi connectivity index (χ3v) is 4.51. The topological polar surface area (TPSA) is 63.8 Å². The van der Waals surface area contributed by atoms with Crippen molar-refractivity contribution in [1.29, 1.82) is 0 Å². The molecule has 0 aliphatic carbocycles. The first kappa shape index (κ1) is 14.3. The molecular formula is C13H20N4S2. The van der Waals surface area contributed by atoms with Crippen molar-refractivity contribution in [3.63, 3.8) is 0 Å². The van der Waals surface area contributed by atoms with Crippen LogP contribution in [0, 0.1) is 12.3 Å². The van der Waals surface area contributed by atoms with Crippen LogP contribution < -0.4 is 11.1 Å². The second kappa shape index (κ2) is 5.46. The van der Waals surface area contributed by atoms with Gasteiger partial charge in [-0.2, -0.15) is 4.37 Å². The average Bonchev–Trinajstić information content (AvgIpc) is 2.84. The fraction of sp³-hybridized carbons (Fsp3) is 0.538. The standard InChI is InChI=1S/C13H20N4S2/c1-8-7-18-12(16-8)9-10(14)17-19-11(9)15-6-5-13(2,3)4/h7,15H,5-6H2,1-4H3,(H2,14,17). The van der Waals surface area contributed by atoms with E-state index in [1.807, 2.05) is 12.3 Å². The van der Waals surface area contributed by atoms with Gasteiger partial charge in [0.05, 0.1) is 5.56 Å². The summed E-state index contributed by atoms with van der Waals surface area (Å²) in [6.45, 7) is 9.62. The first-order chi connectivity index (χ1) is 8.87. The van der Waals surface area contributed by atoms with E-state index < -0.39 is 0 Å². The number of aryl methyl sites for hydroxylation is 1. The SMILES string of the molecule is Cc1csc(-c2c(N)nsc2NCCC(C)(C)C)n1. The molecule has 0 bridgehead atoms. The van der Waals surface area contributed by atoms with Gasteiger partial charge in [-0.25, -0.2) is 4.98 Å². The Morgan fingerprint density at radius 1 is 1.37 bits per heavy atom. The molecule has 0 saturated heterocycles. The van der Waals surface area contributed by atoms with Crippen LogP contribution in [0.25, 0.3) is 10.6 Å². The monoisotopic (exact) mass is 296 g/mol. The number of hydrogen-bond acceptors (Lipinski definition) is 6. The van der Waals surface area contributed by atoms with Crippen LogP contribution in [0.4, 0.5) is 10.8 Å². The lowest BCUT2D eigenvalue weighted by atomic mass is 9.92. The lowest BCUT2D eigenvalue weighted by Gasteiger charge is -2.18. The zero-order valence-corrected chi connectivity index (χ0v) is 13.4. The van der Waals surface area contributed by atoms with E-state index in [-0.39, 0.29) is 0 Å². The predicted molar refractivity (Wildman–Crippen MR) is 84.9 cm³/mol. The molecular weight excluding hydrogens is 276 g/mol. The number of nitrogens with two attached hydrogens (primary N) is 1. The average molecular weight is 296 g/mol. The van der Waals surface area contributed by atoms with Crippen LogP contribution in [0.3, 0.4) is 0 Å². The first-order valence-corrected chi connectivity index (χ1v) is 7.93. The summed E-state index contributed by atoms with van der Waals surface area (Å²) in [6.07, 6.45) is 1.10. The number of nitrogens with one attached hydrogen (secondary N) is 1. The largest absolute Gasteiger partial charge is 0.382 e. The number of nitrogen functional groups attached to an aromatic ring is 1. The molecule has 0 aromatic carbocycles. The number of rotatable bonds is 4. The Balaban J connectivity index is 2.14. The molecule has 0 fully saturated rings. The van der Waals surface area contributed by atoms with Gasteiger partial charge in [-0.3, -0.25) is 0 Å². The number of aromatic nitrogens is 2. The number of hydrogen-bond donors (Lipinski definition) is 2. The molecule has 2 aromatic rings. The van der Waals surface area contributed by atoms with Crippen LogP contribution in [0.15, 0.2) is 5.38 Å². The molecule has 4 nitrogen and oxygen atoms in total. The van der Waals surface area contributed by atoms with Crippen molar-refractivity contribution in [1.82, 2.24) is 9.36 Å². The summed E-state index contributed by atoms with van der Waals surface area (Å²) in [5.41, 5.74) is 8.26. The molecule has 0 saturated carbocycles. The summed E-state index contributed by atoms with van der Waals surface area (Å²) in [4.78, 5) is 4.50. The maximum atomic E-state index is 5.97. The Morgan fingerprint density at radius 2 is 2.11 bits per heavy atom. The normalized spacial score (nSPS) is 11.8. The van der Waals surface area contributed by atoms with Crippen molar-refractivity contribution in [2.24, 2.45) is 5.41 Å². The molecule has 0 aliphatic heterocycles. The smallest absolute Gasteiger partial charge is 0.149 e. The third kappa shape index (κ3) is 3.67. The van der Waals surface area contributed by atoms with Crippen LogP contribution in [0.5, 0.6) is 0 Å². The minimum Gasteiger partial charge on any atom is -0.382 e. The Bertz CT molecular complexity index is 551. The third-order valence-electron chi connectivity index (χ3n) is 2.71. The minimum absolute atomic E-state index is 0.321. The first-order valence-electron chi connectivity index (χ1n) is 6.28. The van der Waals surface area contributed by atoms with Gasteiger partial charge < -0.3 is 11.1 Å². The van der Waals surface area contributed by atoms with E-state index in [0.717, 1.165) is 34.2 Å². The summed E-state index contributed by atoms with van der Waals surface area (Å²) in [7, 11) is 0. The zero-order chi connectivity index (χ0) is 14.0. The van der Waals surface area contributed by atoms with Crippen molar-refractivity contribution >= 4 is 33.7 Å². The molecule has 0 amide bonds. The summed E-state index contributed by atoms with van der Waals surface area (Å²) >= 11 is 3.02. The second-order valence-electron chi connectivity index (χ2n) is 5.80. The van der Waals surface area contributed by atoms with Crippen LogP contribution in [-0.2, 0) is 0 Å². The van der Waals surface area contributed by atoms with Gasteiger partial charge in [-0.05, 0) is 30.3 Å². The van der Waals surface area contributed by atoms with Crippen molar-refractivity contribution < 1.29 is 0 Å². The van der Waals surface area contributed by atoms with Crippen LogP contribution in [0.2, 0.25) is 0 Å². The highest BCUT2D eigenvalue weighted by atomic mass is 32.1. The Hall–Kier alpha value is -1.14. The molecule has 3 N–H and O–H groups in total. The van der Waals surface area contributed by atoms with E-state index in [0.29, 0.717) is 11.2 Å². The highest BCUT2D eigenvalue weighted by Gasteiger charge is 2.17. The fourth-order valence-corrected chi connectivity index (χ4v) is 3.31. The maximum absolute atomic E-state index is 5.97. The molecule has 0 spiro atoms. The van der Waals surface area contributed by atoms with Crippen LogP contribution >= 0.6 is 22.9 Å². The van der Waals surface area contributed by atoms with Gasteiger partial charge in [0.2, 0.25) is 0 Å². The summed E-state index contributed by atoms with van der Waals surface area (Å²) in [5, 5.41) is 7.44. The maximum Gasteiger partial charge on any atom is 0.149 e. The van der Waals surface area contributed by atoms with E-state index in [1.54, 1.807) is 11.3 Å². The molecule has 0 atom stereocenters. The molecule has 19 heavy (non-hydrogen) atoms. The number of thiazole rings is 1. The highest BCUT2D eigenvalue weighted by Crippen LogP contribution is 2.38. The van der Waals surface area contributed by atoms with E-state index >= 15 is 0 Å². The lowest BCUT2D eigenvalue weighted by molar-refractivity contribution is 0.390. The molecule has 0 aliphatic rings. The molecule has 104 valence electrons. The van der Waals surface area contributed by atoms with Crippen molar-refractivity contribution in [2.75, 3.05) is 17.6 Å². The van der Waals surface area contributed by atoms with Gasteiger partial charge in [0.1, 0.15) is 15.8 Å². The van der Waals surface area contributed by atoms with Crippen LogP contribution in [0.1, 0.15) is 32.9 Å². The quantitative estimate of drug-likeness (QED) is 0.895. The molecule has 6 heteroatoms. The fourth-order valence-electron chi connectivity index (χ4n) is 1.65. The van der Waals surface area contributed by atoms with Crippen molar-refractivity contribution in [3.05, 3.63) is 11.1 Å². The molecule has 2 aromatic heterocycles. The summed E-state index contributed by atoms with van der Waals surface area (Å²) in [5.74, 6) is 0.567. The van der Waals surface area contributed by atoms with E-state index in [9.17, 15) is 0 Å². The van der Waals surface area contributed by atoms with E-state index in [1.165, 1.54) is 11.5 Å². The summed E-state index contributed by atoms with van der Waals surface area (Å²) in [6, 6.07) is 0. The van der Waals surface area contributed by atoms with Gasteiger partial charge in [-0.15, -0.1) is 11.3 Å². The van der Waals surface area contributed by atoms with Gasteiger partial charge in [-0.1, -0.05) is 20.8 Å². The van der Waals surface area contributed by atoms with Gasteiger partial charge >= 0.3 is 0 Å². The molecule has 2 heterocycles. The molecule has 0 unspecified atom stereocenters. The van der Waals surface area contributed by atoms with Crippen molar-refractivity contribution in [2.45, 2.75) is 34.1 Å². The second-order valence-corrected chi connectivity index (χ2v) is 7.43. The Labute approximate surface area is 122 Å². The zero-order valence-electron chi connectivity index (χ0n) is 11.8. The molecule has 0 radical (unpaired) electrons. The number of anilines is 2. The lowest BCUT2D eigenvalue weighted by Crippen LogP contribution is -2.12.